The Morgan fingerprint density at radius 3 is 3.00 bits per heavy atom. The summed E-state index contributed by atoms with van der Waals surface area (Å²) in [5.41, 5.74) is 1.88. The molecule has 28 heavy (non-hydrogen) atoms. The highest BCUT2D eigenvalue weighted by molar-refractivity contribution is 5.91. The zero-order chi connectivity index (χ0) is 19.9. The highest BCUT2D eigenvalue weighted by atomic mass is 16.5. The van der Waals surface area contributed by atoms with E-state index in [0.29, 0.717) is 12.3 Å². The zero-order valence-electron chi connectivity index (χ0n) is 17.3. The maximum Gasteiger partial charge on any atom is 0.224 e. The number of aryl methyl sites for hydroxylation is 2. The van der Waals surface area contributed by atoms with Crippen LogP contribution in [0.1, 0.15) is 44.0 Å². The summed E-state index contributed by atoms with van der Waals surface area (Å²) in [4.78, 5) is 19.4. The van der Waals surface area contributed by atoms with Crippen LogP contribution in [0.2, 0.25) is 0 Å². The van der Waals surface area contributed by atoms with Gasteiger partial charge in [-0.3, -0.25) is 9.69 Å². The third-order valence-electron chi connectivity index (χ3n) is 5.60. The molecule has 6 heteroatoms. The number of hydrogen-bond acceptors (Lipinski definition) is 4. The van der Waals surface area contributed by atoms with Gasteiger partial charge in [-0.15, -0.1) is 0 Å². The molecule has 1 aliphatic heterocycles. The highest BCUT2D eigenvalue weighted by Crippen LogP contribution is 2.24. The minimum Gasteiger partial charge on any atom is -0.497 e. The molecular formula is C22H32N4O2. The summed E-state index contributed by atoms with van der Waals surface area (Å²) in [5.74, 6) is 2.60. The average Bonchev–Trinajstić information content (AvgIpc) is 3.15. The Labute approximate surface area is 167 Å². The van der Waals surface area contributed by atoms with Crippen LogP contribution in [-0.4, -0.2) is 40.6 Å². The Morgan fingerprint density at radius 2 is 2.25 bits per heavy atom. The Bertz CT molecular complexity index is 787. The van der Waals surface area contributed by atoms with Gasteiger partial charge in [0.05, 0.1) is 13.7 Å². The van der Waals surface area contributed by atoms with Crippen LogP contribution in [0, 0.1) is 12.8 Å². The Balaban J connectivity index is 1.46. The quantitative estimate of drug-likeness (QED) is 0.751. The second kappa shape index (κ2) is 9.73. The topological polar surface area (TPSA) is 59.4 Å². The molecule has 0 saturated carbocycles. The van der Waals surface area contributed by atoms with E-state index in [1.54, 1.807) is 7.11 Å². The van der Waals surface area contributed by atoms with E-state index >= 15 is 0 Å². The van der Waals surface area contributed by atoms with Crippen LogP contribution >= 0.6 is 0 Å². The molecule has 3 rings (SSSR count). The van der Waals surface area contributed by atoms with Crippen LogP contribution < -0.4 is 10.1 Å². The van der Waals surface area contributed by atoms with Crippen molar-refractivity contribution in [3.63, 3.8) is 0 Å². The Morgan fingerprint density at radius 1 is 1.39 bits per heavy atom. The standard InChI is InChI=1S/C22H32N4O2/c1-4-26-13-11-23-21(26)16-25-12-5-6-18(15-25)7-10-22(27)24-20-9-8-19(28-3)14-17(20)2/h8-9,11,13-14,18H,4-7,10,12,15-16H2,1-3H3,(H,24,27)/t18-/m1/s1. The number of likely N-dealkylation sites (tertiary alicyclic amines) is 1. The summed E-state index contributed by atoms with van der Waals surface area (Å²) in [7, 11) is 1.65. The molecule has 1 atom stereocenters. The molecule has 0 bridgehead atoms. The van der Waals surface area contributed by atoms with Crippen molar-refractivity contribution in [2.45, 2.75) is 52.6 Å². The number of methoxy groups -OCH3 is 1. The lowest BCUT2D eigenvalue weighted by atomic mass is 9.93. The normalized spacial score (nSPS) is 17.5. The Hall–Kier alpha value is -2.34. The number of benzene rings is 1. The second-order valence-electron chi connectivity index (χ2n) is 7.64. The van der Waals surface area contributed by atoms with Crippen molar-refractivity contribution < 1.29 is 9.53 Å². The third kappa shape index (κ3) is 5.35. The zero-order valence-corrected chi connectivity index (χ0v) is 17.3. The highest BCUT2D eigenvalue weighted by Gasteiger charge is 2.22. The fraction of sp³-hybridized carbons (Fsp3) is 0.545. The number of amides is 1. The molecule has 1 aromatic heterocycles. The SMILES string of the molecule is CCn1ccnc1CN1CCC[C@H](CCC(=O)Nc2ccc(OC)cc2C)C1. The van der Waals surface area contributed by atoms with E-state index in [4.69, 9.17) is 4.74 Å². The number of piperidine rings is 1. The van der Waals surface area contributed by atoms with E-state index in [2.05, 4.69) is 26.7 Å². The van der Waals surface area contributed by atoms with Gasteiger partial charge < -0.3 is 14.6 Å². The van der Waals surface area contributed by atoms with E-state index in [1.165, 1.54) is 12.8 Å². The molecule has 1 saturated heterocycles. The molecule has 152 valence electrons. The van der Waals surface area contributed by atoms with Gasteiger partial charge in [0.25, 0.3) is 0 Å². The van der Waals surface area contributed by atoms with Gasteiger partial charge in [-0.2, -0.15) is 0 Å². The number of aromatic nitrogens is 2. The lowest BCUT2D eigenvalue weighted by molar-refractivity contribution is -0.116. The van der Waals surface area contributed by atoms with Gasteiger partial charge in [0.1, 0.15) is 11.6 Å². The summed E-state index contributed by atoms with van der Waals surface area (Å²) in [5, 5.41) is 3.04. The molecule has 1 amide bonds. The van der Waals surface area contributed by atoms with Crippen LogP contribution in [0.5, 0.6) is 5.75 Å². The van der Waals surface area contributed by atoms with Crippen molar-refractivity contribution in [2.75, 3.05) is 25.5 Å². The lowest BCUT2D eigenvalue weighted by Gasteiger charge is -2.32. The summed E-state index contributed by atoms with van der Waals surface area (Å²) in [6, 6.07) is 5.72. The van der Waals surface area contributed by atoms with Crippen molar-refractivity contribution in [1.29, 1.82) is 0 Å². The summed E-state index contributed by atoms with van der Waals surface area (Å²) in [6.45, 7) is 8.15. The minimum absolute atomic E-state index is 0.0897. The largest absolute Gasteiger partial charge is 0.497 e. The molecule has 1 fully saturated rings. The number of carbonyl (C=O) groups excluding carboxylic acids is 1. The maximum atomic E-state index is 12.4. The molecule has 2 aromatic rings. The first-order valence-corrected chi connectivity index (χ1v) is 10.3. The van der Waals surface area contributed by atoms with Crippen LogP contribution in [0.3, 0.4) is 0 Å². The van der Waals surface area contributed by atoms with Gasteiger partial charge >= 0.3 is 0 Å². The van der Waals surface area contributed by atoms with E-state index in [-0.39, 0.29) is 5.91 Å². The first-order valence-electron chi connectivity index (χ1n) is 10.3. The molecule has 0 unspecified atom stereocenters. The maximum absolute atomic E-state index is 12.4. The molecule has 2 heterocycles. The predicted octanol–water partition coefficient (Wildman–Crippen LogP) is 3.85. The predicted molar refractivity (Wildman–Crippen MR) is 111 cm³/mol. The van der Waals surface area contributed by atoms with Crippen LogP contribution in [0.15, 0.2) is 30.6 Å². The monoisotopic (exact) mass is 384 g/mol. The fourth-order valence-corrected chi connectivity index (χ4v) is 3.96. The smallest absolute Gasteiger partial charge is 0.224 e. The molecule has 6 nitrogen and oxygen atoms in total. The average molecular weight is 385 g/mol. The summed E-state index contributed by atoms with van der Waals surface area (Å²) >= 11 is 0. The minimum atomic E-state index is 0.0897. The van der Waals surface area contributed by atoms with E-state index in [0.717, 1.165) is 55.4 Å². The van der Waals surface area contributed by atoms with Crippen molar-refractivity contribution in [3.8, 4) is 5.75 Å². The molecule has 0 spiro atoms. The molecule has 1 aliphatic rings. The number of imidazole rings is 1. The number of hydrogen-bond donors (Lipinski definition) is 1. The van der Waals surface area contributed by atoms with Crippen molar-refractivity contribution in [1.82, 2.24) is 14.5 Å². The van der Waals surface area contributed by atoms with Gasteiger partial charge in [0, 0.05) is 37.6 Å². The first-order chi connectivity index (χ1) is 13.6. The number of carbonyl (C=O) groups is 1. The summed E-state index contributed by atoms with van der Waals surface area (Å²) < 4.78 is 7.42. The van der Waals surface area contributed by atoms with Gasteiger partial charge in [0.15, 0.2) is 0 Å². The number of ether oxygens (including phenoxy) is 1. The number of nitrogens with one attached hydrogen (secondary N) is 1. The Kier molecular flexibility index (Phi) is 7.09. The van der Waals surface area contributed by atoms with Gasteiger partial charge in [-0.1, -0.05) is 0 Å². The van der Waals surface area contributed by atoms with Gasteiger partial charge in [0.2, 0.25) is 5.91 Å². The van der Waals surface area contributed by atoms with Crippen molar-refractivity contribution >= 4 is 11.6 Å². The van der Waals surface area contributed by atoms with E-state index in [1.807, 2.05) is 37.5 Å². The first kappa shape index (κ1) is 20.4. The number of nitrogens with zero attached hydrogens (tertiary/aromatic N) is 3. The van der Waals surface area contributed by atoms with E-state index in [9.17, 15) is 4.79 Å². The van der Waals surface area contributed by atoms with Gasteiger partial charge in [-0.05, 0) is 69.3 Å². The number of anilines is 1. The van der Waals surface area contributed by atoms with E-state index < -0.39 is 0 Å². The van der Waals surface area contributed by atoms with Crippen LogP contribution in [-0.2, 0) is 17.9 Å². The third-order valence-corrected chi connectivity index (χ3v) is 5.60. The van der Waals surface area contributed by atoms with Crippen molar-refractivity contribution in [3.05, 3.63) is 42.0 Å². The number of rotatable bonds is 8. The molecular weight excluding hydrogens is 352 g/mol. The van der Waals surface area contributed by atoms with Crippen LogP contribution in [0.4, 0.5) is 5.69 Å². The van der Waals surface area contributed by atoms with Crippen molar-refractivity contribution in [2.24, 2.45) is 5.92 Å². The van der Waals surface area contributed by atoms with Crippen LogP contribution in [0.25, 0.3) is 0 Å². The summed E-state index contributed by atoms with van der Waals surface area (Å²) in [6.07, 6.45) is 7.81. The molecule has 1 aromatic carbocycles. The lowest BCUT2D eigenvalue weighted by Crippen LogP contribution is -2.36. The second-order valence-corrected chi connectivity index (χ2v) is 7.64. The molecule has 1 N–H and O–H groups in total. The fourth-order valence-electron chi connectivity index (χ4n) is 3.96. The molecule has 0 aliphatic carbocycles. The van der Waals surface area contributed by atoms with Gasteiger partial charge in [-0.25, -0.2) is 4.98 Å². The molecule has 0 radical (unpaired) electrons.